The van der Waals surface area contributed by atoms with Crippen LogP contribution in [0, 0.1) is 11.8 Å². The van der Waals surface area contributed by atoms with Gasteiger partial charge in [0.15, 0.2) is 0 Å². The van der Waals surface area contributed by atoms with Gasteiger partial charge in [-0.05, 0) is 38.6 Å². The van der Waals surface area contributed by atoms with E-state index in [2.05, 4.69) is 31.0 Å². The van der Waals surface area contributed by atoms with E-state index in [9.17, 15) is 4.79 Å². The summed E-state index contributed by atoms with van der Waals surface area (Å²) in [5.41, 5.74) is -0.617. The van der Waals surface area contributed by atoms with Gasteiger partial charge in [-0.15, -0.1) is 0 Å². The maximum atomic E-state index is 12.1. The van der Waals surface area contributed by atoms with Crippen LogP contribution in [0.2, 0.25) is 0 Å². The molecule has 0 aliphatic carbocycles. The highest BCUT2D eigenvalue weighted by Gasteiger charge is 2.39. The molecule has 1 heterocycles. The number of esters is 1. The third-order valence-corrected chi connectivity index (χ3v) is 4.44. The summed E-state index contributed by atoms with van der Waals surface area (Å²) in [5, 5.41) is 3.29. The summed E-state index contributed by atoms with van der Waals surface area (Å²) in [5.74, 6) is 1.19. The molecule has 112 valence electrons. The van der Waals surface area contributed by atoms with E-state index in [0.717, 1.165) is 13.1 Å². The molecular weight excluding hydrogens is 240 g/mol. The Morgan fingerprint density at radius 2 is 2.05 bits per heavy atom. The average molecular weight is 270 g/mol. The van der Waals surface area contributed by atoms with Crippen molar-refractivity contribution >= 4 is 5.97 Å². The SMILES string of the molecule is CCNC(C)(CN1CC(C)CC(C)C1C)C(=O)OC. The molecule has 4 unspecified atom stereocenters. The third kappa shape index (κ3) is 3.93. The smallest absolute Gasteiger partial charge is 0.327 e. The lowest BCUT2D eigenvalue weighted by Crippen LogP contribution is -2.60. The largest absolute Gasteiger partial charge is 0.468 e. The lowest BCUT2D eigenvalue weighted by Gasteiger charge is -2.44. The van der Waals surface area contributed by atoms with Crippen molar-refractivity contribution in [3.05, 3.63) is 0 Å². The van der Waals surface area contributed by atoms with E-state index < -0.39 is 5.54 Å². The Bertz CT molecular complexity index is 309. The van der Waals surface area contributed by atoms with Crippen LogP contribution in [0.5, 0.6) is 0 Å². The first-order valence-electron chi connectivity index (χ1n) is 7.41. The van der Waals surface area contributed by atoms with Crippen molar-refractivity contribution in [2.45, 2.75) is 52.6 Å². The standard InChI is InChI=1S/C15H30N2O2/c1-7-16-15(5,14(18)19-6)10-17-9-11(2)8-12(3)13(17)4/h11-13,16H,7-10H2,1-6H3. The number of carbonyl (C=O) groups excluding carboxylic acids is 1. The van der Waals surface area contributed by atoms with Crippen molar-refractivity contribution in [3.63, 3.8) is 0 Å². The Labute approximate surface area is 117 Å². The summed E-state index contributed by atoms with van der Waals surface area (Å²) in [7, 11) is 1.46. The second-order valence-corrected chi connectivity index (χ2v) is 6.34. The van der Waals surface area contributed by atoms with E-state index in [1.807, 2.05) is 13.8 Å². The Hall–Kier alpha value is -0.610. The van der Waals surface area contributed by atoms with Crippen LogP contribution < -0.4 is 5.32 Å². The van der Waals surface area contributed by atoms with Crippen LogP contribution in [0.15, 0.2) is 0 Å². The second kappa shape index (κ2) is 6.71. The monoisotopic (exact) mass is 270 g/mol. The molecule has 1 fully saturated rings. The number of hydrogen-bond acceptors (Lipinski definition) is 4. The van der Waals surface area contributed by atoms with E-state index >= 15 is 0 Å². The minimum Gasteiger partial charge on any atom is -0.468 e. The number of rotatable bonds is 5. The van der Waals surface area contributed by atoms with Gasteiger partial charge in [-0.2, -0.15) is 0 Å². The Balaban J connectivity index is 2.80. The first-order valence-corrected chi connectivity index (χ1v) is 7.41. The minimum atomic E-state index is -0.617. The molecule has 0 saturated carbocycles. The number of likely N-dealkylation sites (N-methyl/N-ethyl adjacent to an activating group) is 1. The maximum absolute atomic E-state index is 12.1. The van der Waals surface area contributed by atoms with Crippen molar-refractivity contribution in [3.8, 4) is 0 Å². The molecule has 19 heavy (non-hydrogen) atoms. The van der Waals surface area contributed by atoms with Gasteiger partial charge in [0.2, 0.25) is 0 Å². The molecule has 0 aromatic heterocycles. The van der Waals surface area contributed by atoms with Gasteiger partial charge in [-0.25, -0.2) is 0 Å². The molecule has 4 heteroatoms. The molecule has 0 aromatic rings. The highest BCUT2D eigenvalue weighted by Crippen LogP contribution is 2.28. The van der Waals surface area contributed by atoms with Crippen LogP contribution in [-0.4, -0.2) is 49.2 Å². The zero-order valence-corrected chi connectivity index (χ0v) is 13.3. The topological polar surface area (TPSA) is 41.6 Å². The first kappa shape index (κ1) is 16.4. The van der Waals surface area contributed by atoms with Crippen molar-refractivity contribution in [2.75, 3.05) is 26.7 Å². The number of nitrogens with zero attached hydrogens (tertiary/aromatic N) is 1. The van der Waals surface area contributed by atoms with Crippen molar-refractivity contribution < 1.29 is 9.53 Å². The van der Waals surface area contributed by atoms with Crippen LogP contribution in [0.3, 0.4) is 0 Å². The highest BCUT2D eigenvalue weighted by molar-refractivity contribution is 5.80. The summed E-state index contributed by atoms with van der Waals surface area (Å²) in [6.07, 6.45) is 1.27. The zero-order valence-electron chi connectivity index (χ0n) is 13.3. The lowest BCUT2D eigenvalue weighted by atomic mass is 9.84. The number of carbonyl (C=O) groups is 1. The van der Waals surface area contributed by atoms with E-state index in [-0.39, 0.29) is 5.97 Å². The van der Waals surface area contributed by atoms with Crippen LogP contribution in [0.1, 0.15) is 41.0 Å². The van der Waals surface area contributed by atoms with E-state index in [4.69, 9.17) is 4.74 Å². The van der Waals surface area contributed by atoms with Gasteiger partial charge in [-0.1, -0.05) is 20.8 Å². The summed E-state index contributed by atoms with van der Waals surface area (Å²) >= 11 is 0. The summed E-state index contributed by atoms with van der Waals surface area (Å²) in [6, 6.07) is 0.513. The molecule has 0 aromatic carbocycles. The number of nitrogens with one attached hydrogen (secondary N) is 1. The van der Waals surface area contributed by atoms with Crippen molar-refractivity contribution in [1.82, 2.24) is 10.2 Å². The van der Waals surface area contributed by atoms with Crippen molar-refractivity contribution in [1.29, 1.82) is 0 Å². The molecule has 4 atom stereocenters. The number of piperidine rings is 1. The quantitative estimate of drug-likeness (QED) is 0.775. The first-order chi connectivity index (χ1) is 8.84. The molecule has 0 bridgehead atoms. The summed E-state index contributed by atoms with van der Waals surface area (Å²) < 4.78 is 4.97. The van der Waals surface area contributed by atoms with E-state index in [0.29, 0.717) is 24.4 Å². The second-order valence-electron chi connectivity index (χ2n) is 6.34. The van der Waals surface area contributed by atoms with Crippen LogP contribution in [0.25, 0.3) is 0 Å². The van der Waals surface area contributed by atoms with E-state index in [1.54, 1.807) is 0 Å². The predicted octanol–water partition coefficient (Wildman–Crippen LogP) is 1.89. The van der Waals surface area contributed by atoms with Gasteiger partial charge < -0.3 is 10.1 Å². The molecule has 1 aliphatic rings. The number of ether oxygens (including phenoxy) is 1. The Morgan fingerprint density at radius 1 is 1.42 bits per heavy atom. The number of likely N-dealkylation sites (tertiary alicyclic amines) is 1. The fourth-order valence-electron chi connectivity index (χ4n) is 3.26. The van der Waals surface area contributed by atoms with Gasteiger partial charge in [0, 0.05) is 19.1 Å². The molecule has 1 saturated heterocycles. The Morgan fingerprint density at radius 3 is 2.58 bits per heavy atom. The fourth-order valence-corrected chi connectivity index (χ4v) is 3.26. The molecule has 4 nitrogen and oxygen atoms in total. The van der Waals surface area contributed by atoms with E-state index in [1.165, 1.54) is 13.5 Å². The molecular formula is C15H30N2O2. The van der Waals surface area contributed by atoms with Crippen LogP contribution in [0.4, 0.5) is 0 Å². The molecule has 0 radical (unpaired) electrons. The lowest BCUT2D eigenvalue weighted by molar-refractivity contribution is -0.149. The van der Waals surface area contributed by atoms with Gasteiger partial charge in [0.1, 0.15) is 5.54 Å². The Kier molecular flexibility index (Phi) is 5.81. The molecule has 1 rings (SSSR count). The van der Waals surface area contributed by atoms with Gasteiger partial charge in [0.25, 0.3) is 0 Å². The summed E-state index contributed by atoms with van der Waals surface area (Å²) in [6.45, 7) is 13.4. The fraction of sp³-hybridized carbons (Fsp3) is 0.933. The minimum absolute atomic E-state index is 0.174. The average Bonchev–Trinajstić information content (AvgIpc) is 2.34. The number of methoxy groups -OCH3 is 1. The summed E-state index contributed by atoms with van der Waals surface area (Å²) in [4.78, 5) is 14.5. The normalized spacial score (nSPS) is 31.8. The van der Waals surface area contributed by atoms with Gasteiger partial charge in [-0.3, -0.25) is 9.69 Å². The highest BCUT2D eigenvalue weighted by atomic mass is 16.5. The number of hydrogen-bond donors (Lipinski definition) is 1. The molecule has 0 spiro atoms. The van der Waals surface area contributed by atoms with Crippen molar-refractivity contribution in [2.24, 2.45) is 11.8 Å². The predicted molar refractivity (Wildman–Crippen MR) is 78.1 cm³/mol. The molecule has 0 amide bonds. The maximum Gasteiger partial charge on any atom is 0.327 e. The van der Waals surface area contributed by atoms with Crippen LogP contribution >= 0.6 is 0 Å². The van der Waals surface area contributed by atoms with Crippen LogP contribution in [-0.2, 0) is 9.53 Å². The van der Waals surface area contributed by atoms with Gasteiger partial charge in [0.05, 0.1) is 7.11 Å². The zero-order chi connectivity index (χ0) is 14.6. The molecule has 1 aliphatic heterocycles. The van der Waals surface area contributed by atoms with Gasteiger partial charge >= 0.3 is 5.97 Å². The third-order valence-electron chi connectivity index (χ3n) is 4.44. The molecule has 1 N–H and O–H groups in total.